The molecule has 3 heterocycles. The van der Waals surface area contributed by atoms with Crippen LogP contribution in [0.15, 0.2) is 6.07 Å². The Kier molecular flexibility index (Phi) is 3.73. The lowest BCUT2D eigenvalue weighted by Gasteiger charge is -2.37. The Morgan fingerprint density at radius 3 is 2.53 bits per heavy atom. The lowest BCUT2D eigenvalue weighted by atomic mass is 9.97. The molecule has 2 atom stereocenters. The molecule has 0 aromatic carbocycles. The molecule has 1 aromatic rings. The van der Waals surface area contributed by atoms with Crippen LogP contribution < -0.4 is 5.73 Å². The SMILES string of the molecule is Cc1cc(Cl)c(CN2C3CCC2CC(N)C3)c(Cl)n1. The molecule has 0 aliphatic carbocycles. The Labute approximate surface area is 124 Å². The molecule has 0 spiro atoms. The van der Waals surface area contributed by atoms with Crippen LogP contribution in [0.3, 0.4) is 0 Å². The third-order valence-corrected chi connectivity index (χ3v) is 5.06. The molecule has 2 aliphatic heterocycles. The third-order valence-electron chi connectivity index (χ3n) is 4.41. The minimum Gasteiger partial charge on any atom is -0.328 e. The first-order chi connectivity index (χ1) is 9.04. The molecule has 19 heavy (non-hydrogen) atoms. The first-order valence-corrected chi connectivity index (χ1v) is 7.63. The monoisotopic (exact) mass is 299 g/mol. The largest absolute Gasteiger partial charge is 0.328 e. The number of pyridine rings is 1. The number of piperidine rings is 1. The maximum absolute atomic E-state index is 6.32. The summed E-state index contributed by atoms with van der Waals surface area (Å²) in [4.78, 5) is 6.84. The van der Waals surface area contributed by atoms with E-state index in [9.17, 15) is 0 Å². The van der Waals surface area contributed by atoms with Crippen molar-refractivity contribution in [2.24, 2.45) is 5.73 Å². The van der Waals surface area contributed by atoms with Crippen LogP contribution in [-0.4, -0.2) is 28.0 Å². The molecule has 0 saturated carbocycles. The molecule has 3 rings (SSSR count). The molecule has 3 nitrogen and oxygen atoms in total. The van der Waals surface area contributed by atoms with E-state index in [1.807, 2.05) is 13.0 Å². The molecule has 2 aliphatic rings. The molecule has 0 radical (unpaired) electrons. The van der Waals surface area contributed by atoms with Gasteiger partial charge in [0.05, 0.1) is 0 Å². The first-order valence-electron chi connectivity index (χ1n) is 6.87. The molecule has 0 amide bonds. The number of hydrogen-bond acceptors (Lipinski definition) is 3. The Hall–Kier alpha value is -0.350. The zero-order chi connectivity index (χ0) is 13.6. The van der Waals surface area contributed by atoms with Gasteiger partial charge in [0.15, 0.2) is 0 Å². The van der Waals surface area contributed by atoms with Gasteiger partial charge < -0.3 is 5.73 Å². The second-order valence-corrected chi connectivity index (χ2v) is 6.57. The number of aromatic nitrogens is 1. The quantitative estimate of drug-likeness (QED) is 0.853. The molecule has 2 unspecified atom stereocenters. The van der Waals surface area contributed by atoms with Crippen LogP contribution in [0.1, 0.15) is 36.9 Å². The molecule has 2 bridgehead atoms. The lowest BCUT2D eigenvalue weighted by Crippen LogP contribution is -2.46. The summed E-state index contributed by atoms with van der Waals surface area (Å²) in [5.41, 5.74) is 7.92. The average molecular weight is 300 g/mol. The predicted octanol–water partition coefficient (Wildman–Crippen LogP) is 3.15. The van der Waals surface area contributed by atoms with E-state index in [1.165, 1.54) is 12.8 Å². The summed E-state index contributed by atoms with van der Waals surface area (Å²) < 4.78 is 0. The number of hydrogen-bond donors (Lipinski definition) is 1. The van der Waals surface area contributed by atoms with Crippen molar-refractivity contribution in [1.29, 1.82) is 0 Å². The van der Waals surface area contributed by atoms with Crippen molar-refractivity contribution in [3.63, 3.8) is 0 Å². The highest BCUT2D eigenvalue weighted by Gasteiger charge is 2.39. The average Bonchev–Trinajstić information content (AvgIpc) is 2.55. The molecule has 1 aromatic heterocycles. The molecular formula is C14H19Cl2N3. The van der Waals surface area contributed by atoms with Crippen molar-refractivity contribution in [3.8, 4) is 0 Å². The standard InChI is InChI=1S/C14H19Cl2N3/c1-8-4-13(15)12(14(16)18-8)7-19-10-2-3-11(19)6-9(17)5-10/h4,9-11H,2-3,5-7,17H2,1H3. The van der Waals surface area contributed by atoms with E-state index >= 15 is 0 Å². The number of nitrogens with two attached hydrogens (primary N) is 1. The van der Waals surface area contributed by atoms with Gasteiger partial charge in [0.25, 0.3) is 0 Å². The van der Waals surface area contributed by atoms with Gasteiger partial charge in [-0.2, -0.15) is 0 Å². The van der Waals surface area contributed by atoms with Gasteiger partial charge in [-0.15, -0.1) is 0 Å². The van der Waals surface area contributed by atoms with Gasteiger partial charge in [0.2, 0.25) is 0 Å². The van der Waals surface area contributed by atoms with Gasteiger partial charge >= 0.3 is 0 Å². The fourth-order valence-electron chi connectivity index (χ4n) is 3.52. The molecular weight excluding hydrogens is 281 g/mol. The highest BCUT2D eigenvalue weighted by Crippen LogP contribution is 2.38. The predicted molar refractivity (Wildman–Crippen MR) is 78.6 cm³/mol. The van der Waals surface area contributed by atoms with E-state index in [0.29, 0.717) is 23.3 Å². The van der Waals surface area contributed by atoms with Crippen LogP contribution in [0.2, 0.25) is 10.2 Å². The highest BCUT2D eigenvalue weighted by atomic mass is 35.5. The van der Waals surface area contributed by atoms with Crippen molar-refractivity contribution < 1.29 is 0 Å². The summed E-state index contributed by atoms with van der Waals surface area (Å²) in [5.74, 6) is 0. The fourth-order valence-corrected chi connectivity index (χ4v) is 4.17. The van der Waals surface area contributed by atoms with E-state index in [2.05, 4.69) is 9.88 Å². The molecule has 2 N–H and O–H groups in total. The summed E-state index contributed by atoms with van der Waals surface area (Å²) in [6.07, 6.45) is 4.66. The van der Waals surface area contributed by atoms with E-state index in [1.54, 1.807) is 0 Å². The highest BCUT2D eigenvalue weighted by molar-refractivity contribution is 6.35. The van der Waals surface area contributed by atoms with Crippen molar-refractivity contribution in [1.82, 2.24) is 9.88 Å². The third kappa shape index (κ3) is 2.62. The Morgan fingerprint density at radius 1 is 1.32 bits per heavy atom. The maximum Gasteiger partial charge on any atom is 0.135 e. The Morgan fingerprint density at radius 2 is 1.95 bits per heavy atom. The van der Waals surface area contributed by atoms with Crippen LogP contribution in [0.25, 0.3) is 0 Å². The second kappa shape index (κ2) is 5.21. The van der Waals surface area contributed by atoms with Gasteiger partial charge in [0.1, 0.15) is 5.15 Å². The van der Waals surface area contributed by atoms with Crippen molar-refractivity contribution in [3.05, 3.63) is 27.5 Å². The van der Waals surface area contributed by atoms with Gasteiger partial charge in [-0.25, -0.2) is 4.98 Å². The fraction of sp³-hybridized carbons (Fsp3) is 0.643. The zero-order valence-electron chi connectivity index (χ0n) is 11.1. The summed E-state index contributed by atoms with van der Waals surface area (Å²) in [7, 11) is 0. The molecule has 2 saturated heterocycles. The van der Waals surface area contributed by atoms with E-state index in [-0.39, 0.29) is 0 Å². The topological polar surface area (TPSA) is 42.1 Å². The summed E-state index contributed by atoms with van der Waals surface area (Å²) in [6.45, 7) is 2.71. The molecule has 5 heteroatoms. The number of rotatable bonds is 2. The molecule has 104 valence electrons. The van der Waals surface area contributed by atoms with Gasteiger partial charge in [-0.1, -0.05) is 23.2 Å². The van der Waals surface area contributed by atoms with E-state index in [4.69, 9.17) is 28.9 Å². The minimum absolute atomic E-state index is 0.357. The minimum atomic E-state index is 0.357. The van der Waals surface area contributed by atoms with Gasteiger partial charge in [-0.05, 0) is 38.7 Å². The lowest BCUT2D eigenvalue weighted by molar-refractivity contribution is 0.120. The Balaban J connectivity index is 1.83. The van der Waals surface area contributed by atoms with Crippen molar-refractivity contribution in [2.75, 3.05) is 0 Å². The first kappa shape index (κ1) is 13.6. The number of fused-ring (bicyclic) bond motifs is 2. The van der Waals surface area contributed by atoms with Crippen LogP contribution in [-0.2, 0) is 6.54 Å². The van der Waals surface area contributed by atoms with Gasteiger partial charge in [-0.3, -0.25) is 4.90 Å². The number of aryl methyl sites for hydroxylation is 1. The summed E-state index contributed by atoms with van der Waals surface area (Å²) >= 11 is 12.6. The van der Waals surface area contributed by atoms with E-state index < -0.39 is 0 Å². The second-order valence-electron chi connectivity index (χ2n) is 5.80. The van der Waals surface area contributed by atoms with E-state index in [0.717, 1.165) is 35.7 Å². The number of nitrogens with zero attached hydrogens (tertiary/aromatic N) is 2. The van der Waals surface area contributed by atoms with Crippen molar-refractivity contribution >= 4 is 23.2 Å². The van der Waals surface area contributed by atoms with Crippen LogP contribution >= 0.6 is 23.2 Å². The Bertz CT molecular complexity index is 455. The van der Waals surface area contributed by atoms with Crippen LogP contribution in [0, 0.1) is 6.92 Å². The zero-order valence-corrected chi connectivity index (χ0v) is 12.6. The van der Waals surface area contributed by atoms with Crippen molar-refractivity contribution in [2.45, 2.75) is 57.3 Å². The maximum atomic E-state index is 6.32. The summed E-state index contributed by atoms with van der Waals surface area (Å²) in [5, 5.41) is 1.27. The normalized spacial score (nSPS) is 30.8. The smallest absolute Gasteiger partial charge is 0.135 e. The summed E-state index contributed by atoms with van der Waals surface area (Å²) in [6, 6.07) is 3.42. The van der Waals surface area contributed by atoms with Gasteiger partial charge in [0, 0.05) is 41.0 Å². The molecule has 2 fully saturated rings. The number of halogens is 2. The van der Waals surface area contributed by atoms with Crippen LogP contribution in [0.5, 0.6) is 0 Å². The van der Waals surface area contributed by atoms with Crippen LogP contribution in [0.4, 0.5) is 0 Å².